The number of nitrogens with one attached hydrogen (secondary N) is 1. The maximum atomic E-state index is 13.6. The highest BCUT2D eigenvalue weighted by Gasteiger charge is 2.20. The van der Waals surface area contributed by atoms with Crippen molar-refractivity contribution in [2.75, 3.05) is 26.7 Å². The number of halogens is 2. The molecule has 1 unspecified atom stereocenters. The quantitative estimate of drug-likeness (QED) is 0.887. The molecule has 0 spiro atoms. The van der Waals surface area contributed by atoms with E-state index in [1.54, 1.807) is 0 Å². The first-order valence-corrected chi connectivity index (χ1v) is 6.50. The average molecular weight is 254 g/mol. The Morgan fingerprint density at radius 3 is 3.00 bits per heavy atom. The fraction of sp³-hybridized carbons (Fsp3) is 0.571. The fourth-order valence-electron chi connectivity index (χ4n) is 2.66. The molecule has 0 amide bonds. The number of piperidine rings is 1. The number of likely N-dealkylation sites (tertiary alicyclic amines) is 1. The summed E-state index contributed by atoms with van der Waals surface area (Å²) in [6.45, 7) is 3.42. The van der Waals surface area contributed by atoms with E-state index >= 15 is 0 Å². The molecule has 1 saturated heterocycles. The molecule has 0 aliphatic carbocycles. The summed E-state index contributed by atoms with van der Waals surface area (Å²) in [6.07, 6.45) is 2.34. The van der Waals surface area contributed by atoms with E-state index < -0.39 is 0 Å². The van der Waals surface area contributed by atoms with Gasteiger partial charge in [-0.15, -0.1) is 0 Å². The molecule has 1 atom stereocenters. The van der Waals surface area contributed by atoms with Crippen LogP contribution in [0.15, 0.2) is 18.2 Å². The van der Waals surface area contributed by atoms with Gasteiger partial charge in [0, 0.05) is 18.7 Å². The van der Waals surface area contributed by atoms with Gasteiger partial charge in [0.15, 0.2) is 0 Å². The van der Waals surface area contributed by atoms with Gasteiger partial charge in [0.2, 0.25) is 0 Å². The van der Waals surface area contributed by atoms with Crippen LogP contribution in [0.1, 0.15) is 18.4 Å². The zero-order valence-electron chi connectivity index (χ0n) is 10.8. The van der Waals surface area contributed by atoms with Crippen LogP contribution < -0.4 is 5.32 Å². The number of hydrogen-bond acceptors (Lipinski definition) is 2. The van der Waals surface area contributed by atoms with Crippen molar-refractivity contribution in [3.8, 4) is 0 Å². The predicted molar refractivity (Wildman–Crippen MR) is 68.3 cm³/mol. The van der Waals surface area contributed by atoms with Crippen LogP contribution in [0.4, 0.5) is 8.78 Å². The summed E-state index contributed by atoms with van der Waals surface area (Å²) in [5.74, 6) is -0.0669. The van der Waals surface area contributed by atoms with Crippen LogP contribution in [0.5, 0.6) is 0 Å². The van der Waals surface area contributed by atoms with Gasteiger partial charge in [0.25, 0.3) is 0 Å². The van der Waals surface area contributed by atoms with Gasteiger partial charge in [-0.2, -0.15) is 0 Å². The first-order chi connectivity index (χ1) is 8.69. The highest BCUT2D eigenvalue weighted by atomic mass is 19.1. The Morgan fingerprint density at radius 2 is 2.22 bits per heavy atom. The summed E-state index contributed by atoms with van der Waals surface area (Å²) >= 11 is 0. The van der Waals surface area contributed by atoms with E-state index in [2.05, 4.69) is 10.2 Å². The lowest BCUT2D eigenvalue weighted by Gasteiger charge is -2.32. The Labute approximate surface area is 107 Å². The van der Waals surface area contributed by atoms with E-state index in [0.29, 0.717) is 18.0 Å². The molecule has 2 rings (SSSR count). The van der Waals surface area contributed by atoms with Crippen LogP contribution in [0.2, 0.25) is 0 Å². The summed E-state index contributed by atoms with van der Waals surface area (Å²) in [4.78, 5) is 2.21. The van der Waals surface area contributed by atoms with Gasteiger partial charge in [-0.25, -0.2) is 8.78 Å². The van der Waals surface area contributed by atoms with E-state index in [1.165, 1.54) is 24.6 Å². The number of hydrogen-bond donors (Lipinski definition) is 1. The molecule has 18 heavy (non-hydrogen) atoms. The Balaban J connectivity index is 1.98. The summed E-state index contributed by atoms with van der Waals surface area (Å²) in [7, 11) is 1.95. The average Bonchev–Trinajstić information content (AvgIpc) is 2.35. The molecule has 0 radical (unpaired) electrons. The zero-order valence-corrected chi connectivity index (χ0v) is 10.8. The van der Waals surface area contributed by atoms with E-state index in [-0.39, 0.29) is 11.6 Å². The molecule has 1 aliphatic rings. The Hall–Kier alpha value is -1.00. The van der Waals surface area contributed by atoms with Crippen molar-refractivity contribution in [2.45, 2.75) is 19.4 Å². The summed E-state index contributed by atoms with van der Waals surface area (Å²) in [6, 6.07) is 3.68. The van der Waals surface area contributed by atoms with Crippen molar-refractivity contribution in [1.29, 1.82) is 0 Å². The first-order valence-electron chi connectivity index (χ1n) is 6.50. The van der Waals surface area contributed by atoms with Crippen molar-refractivity contribution in [2.24, 2.45) is 5.92 Å². The lowest BCUT2D eigenvalue weighted by molar-refractivity contribution is 0.165. The van der Waals surface area contributed by atoms with E-state index in [0.717, 1.165) is 26.1 Å². The van der Waals surface area contributed by atoms with Gasteiger partial charge in [0.05, 0.1) is 0 Å². The predicted octanol–water partition coefficient (Wildman–Crippen LogP) is 2.40. The highest BCUT2D eigenvalue weighted by molar-refractivity contribution is 5.18. The number of benzene rings is 1. The Morgan fingerprint density at radius 1 is 1.39 bits per heavy atom. The lowest BCUT2D eigenvalue weighted by atomic mass is 9.97. The largest absolute Gasteiger partial charge is 0.319 e. The second-order valence-electron chi connectivity index (χ2n) is 5.04. The minimum Gasteiger partial charge on any atom is -0.319 e. The van der Waals surface area contributed by atoms with Gasteiger partial charge in [-0.05, 0) is 57.1 Å². The number of rotatable bonds is 4. The van der Waals surface area contributed by atoms with Crippen LogP contribution in [0.25, 0.3) is 0 Å². The third kappa shape index (κ3) is 3.50. The maximum absolute atomic E-state index is 13.6. The summed E-state index contributed by atoms with van der Waals surface area (Å²) < 4.78 is 26.7. The van der Waals surface area contributed by atoms with E-state index in [4.69, 9.17) is 0 Å². The molecule has 0 bridgehead atoms. The van der Waals surface area contributed by atoms with Crippen LogP contribution in [0.3, 0.4) is 0 Å². The van der Waals surface area contributed by atoms with Crippen molar-refractivity contribution in [3.05, 3.63) is 35.4 Å². The van der Waals surface area contributed by atoms with Crippen molar-refractivity contribution in [1.82, 2.24) is 10.2 Å². The van der Waals surface area contributed by atoms with Crippen LogP contribution in [0, 0.1) is 17.6 Å². The second-order valence-corrected chi connectivity index (χ2v) is 5.04. The third-order valence-corrected chi connectivity index (χ3v) is 3.50. The third-order valence-electron chi connectivity index (χ3n) is 3.50. The van der Waals surface area contributed by atoms with Gasteiger partial charge in [0.1, 0.15) is 11.6 Å². The highest BCUT2D eigenvalue weighted by Crippen LogP contribution is 2.19. The molecular weight excluding hydrogens is 234 g/mol. The topological polar surface area (TPSA) is 15.3 Å². The van der Waals surface area contributed by atoms with Gasteiger partial charge in [-0.1, -0.05) is 0 Å². The summed E-state index contributed by atoms with van der Waals surface area (Å²) in [5.41, 5.74) is 0.458. The molecule has 0 saturated carbocycles. The molecule has 1 aromatic rings. The van der Waals surface area contributed by atoms with E-state index in [9.17, 15) is 8.78 Å². The molecule has 1 aliphatic heterocycles. The minimum absolute atomic E-state index is 0.313. The SMILES string of the molecule is CNCC1CCCN(Cc2cc(F)ccc2F)C1. The summed E-state index contributed by atoms with van der Waals surface area (Å²) in [5, 5.41) is 3.18. The van der Waals surface area contributed by atoms with Crippen molar-refractivity contribution in [3.63, 3.8) is 0 Å². The molecule has 1 N–H and O–H groups in total. The molecule has 1 aromatic carbocycles. The second kappa shape index (κ2) is 6.25. The van der Waals surface area contributed by atoms with Gasteiger partial charge < -0.3 is 5.32 Å². The molecule has 0 aromatic heterocycles. The van der Waals surface area contributed by atoms with Gasteiger partial charge in [-0.3, -0.25) is 4.90 Å². The van der Waals surface area contributed by atoms with E-state index in [1.807, 2.05) is 7.05 Å². The molecule has 1 heterocycles. The molecule has 100 valence electrons. The van der Waals surface area contributed by atoms with Crippen molar-refractivity contribution >= 4 is 0 Å². The minimum atomic E-state index is -0.366. The maximum Gasteiger partial charge on any atom is 0.127 e. The van der Waals surface area contributed by atoms with Crippen LogP contribution in [-0.4, -0.2) is 31.6 Å². The smallest absolute Gasteiger partial charge is 0.127 e. The fourth-order valence-corrected chi connectivity index (χ4v) is 2.66. The molecule has 2 nitrogen and oxygen atoms in total. The molecule has 1 fully saturated rings. The van der Waals surface area contributed by atoms with Gasteiger partial charge >= 0.3 is 0 Å². The van der Waals surface area contributed by atoms with Crippen LogP contribution in [-0.2, 0) is 6.54 Å². The first kappa shape index (κ1) is 13.4. The van der Waals surface area contributed by atoms with Crippen molar-refractivity contribution < 1.29 is 8.78 Å². The Bertz CT molecular complexity index is 393. The zero-order chi connectivity index (χ0) is 13.0. The monoisotopic (exact) mass is 254 g/mol. The molecular formula is C14H20F2N2. The number of nitrogens with zero attached hydrogens (tertiary/aromatic N) is 1. The standard InChI is InChI=1S/C14H20F2N2/c1-17-8-11-3-2-6-18(9-11)10-12-7-13(15)4-5-14(12)16/h4-5,7,11,17H,2-3,6,8-10H2,1H3. The van der Waals surface area contributed by atoms with Crippen LogP contribution >= 0.6 is 0 Å². The molecule has 4 heteroatoms. The normalized spacial score (nSPS) is 21.2. The lowest BCUT2D eigenvalue weighted by Crippen LogP contribution is -2.38. The Kier molecular flexibility index (Phi) is 4.66.